The van der Waals surface area contributed by atoms with Gasteiger partial charge in [-0.3, -0.25) is 0 Å². The Bertz CT molecular complexity index is 348. The molecule has 0 saturated heterocycles. The molecule has 0 fully saturated rings. The second-order valence-electron chi connectivity index (χ2n) is 2.52. The van der Waals surface area contributed by atoms with Gasteiger partial charge in [-0.1, -0.05) is 0 Å². The van der Waals surface area contributed by atoms with Crippen LogP contribution >= 0.6 is 27.5 Å². The van der Waals surface area contributed by atoms with Gasteiger partial charge in [-0.05, 0) is 33.6 Å². The first-order valence-electron chi connectivity index (χ1n) is 3.48. The van der Waals surface area contributed by atoms with Crippen LogP contribution in [0.5, 0.6) is 0 Å². The Balaban J connectivity index is 3.39. The predicted octanol–water partition coefficient (Wildman–Crippen LogP) is 4.35. The topological polar surface area (TPSA) is 0 Å². The summed E-state index contributed by atoms with van der Waals surface area (Å²) in [5.74, 6) is -1.15. The molecule has 0 spiro atoms. The average Bonchev–Trinajstić information content (AvgIpc) is 2.07. The van der Waals surface area contributed by atoms with Gasteiger partial charge in [0.25, 0.3) is 0 Å². The van der Waals surface area contributed by atoms with E-state index in [1.54, 1.807) is 0 Å². The fraction of sp³-hybridized carbons (Fsp3) is 0.250. The Labute approximate surface area is 91.0 Å². The Morgan fingerprint density at radius 2 is 1.86 bits per heavy atom. The Morgan fingerprint density at radius 1 is 1.29 bits per heavy atom. The quantitative estimate of drug-likeness (QED) is 0.533. The average molecular weight is 291 g/mol. The summed E-state index contributed by atoms with van der Waals surface area (Å²) in [6, 6.07) is 1.43. The molecule has 0 amide bonds. The van der Waals surface area contributed by atoms with E-state index in [0.29, 0.717) is 6.07 Å². The third kappa shape index (κ3) is 2.20. The SMILES string of the molecule is Fc1ccc(C(F)(F)F)c(CCl)c1Br. The maximum Gasteiger partial charge on any atom is 0.416 e. The number of halogens is 6. The Hall–Kier alpha value is -0.290. The fourth-order valence-corrected chi connectivity index (χ4v) is 1.91. The van der Waals surface area contributed by atoms with Crippen molar-refractivity contribution in [2.75, 3.05) is 0 Å². The van der Waals surface area contributed by atoms with E-state index >= 15 is 0 Å². The lowest BCUT2D eigenvalue weighted by atomic mass is 10.1. The molecule has 78 valence electrons. The van der Waals surface area contributed by atoms with Crippen LogP contribution in [0.3, 0.4) is 0 Å². The van der Waals surface area contributed by atoms with Crippen molar-refractivity contribution >= 4 is 27.5 Å². The first-order valence-corrected chi connectivity index (χ1v) is 4.80. The maximum absolute atomic E-state index is 12.9. The highest BCUT2D eigenvalue weighted by atomic mass is 79.9. The Kier molecular flexibility index (Phi) is 3.42. The van der Waals surface area contributed by atoms with Crippen molar-refractivity contribution in [1.82, 2.24) is 0 Å². The third-order valence-electron chi connectivity index (χ3n) is 1.64. The zero-order chi connectivity index (χ0) is 10.9. The molecule has 0 aliphatic rings. The zero-order valence-electron chi connectivity index (χ0n) is 6.63. The number of hydrogen-bond acceptors (Lipinski definition) is 0. The van der Waals surface area contributed by atoms with E-state index in [2.05, 4.69) is 15.9 Å². The first-order chi connectivity index (χ1) is 6.38. The van der Waals surface area contributed by atoms with E-state index in [0.717, 1.165) is 6.07 Å². The van der Waals surface area contributed by atoms with Gasteiger partial charge in [0, 0.05) is 5.88 Å². The maximum atomic E-state index is 12.9. The smallest absolute Gasteiger partial charge is 0.206 e. The molecule has 0 radical (unpaired) electrons. The van der Waals surface area contributed by atoms with Gasteiger partial charge in [-0.2, -0.15) is 13.2 Å². The summed E-state index contributed by atoms with van der Waals surface area (Å²) in [5, 5.41) is 0. The van der Waals surface area contributed by atoms with Crippen LogP contribution in [0, 0.1) is 5.82 Å². The van der Waals surface area contributed by atoms with Crippen LogP contribution < -0.4 is 0 Å². The highest BCUT2D eigenvalue weighted by Gasteiger charge is 2.34. The molecule has 0 unspecified atom stereocenters. The van der Waals surface area contributed by atoms with Crippen molar-refractivity contribution in [3.05, 3.63) is 33.5 Å². The molecule has 1 aromatic rings. The van der Waals surface area contributed by atoms with Gasteiger partial charge in [0.15, 0.2) is 0 Å². The molecule has 0 aromatic heterocycles. The second kappa shape index (κ2) is 4.06. The zero-order valence-corrected chi connectivity index (χ0v) is 8.97. The molecule has 0 bridgehead atoms. The fourth-order valence-electron chi connectivity index (χ4n) is 0.989. The highest BCUT2D eigenvalue weighted by molar-refractivity contribution is 9.10. The summed E-state index contributed by atoms with van der Waals surface area (Å²) in [7, 11) is 0. The first kappa shape index (κ1) is 11.8. The molecule has 0 atom stereocenters. The molecule has 1 rings (SSSR count). The van der Waals surface area contributed by atoms with Gasteiger partial charge >= 0.3 is 6.18 Å². The molecule has 14 heavy (non-hydrogen) atoms. The molecular weight excluding hydrogens is 287 g/mol. The number of rotatable bonds is 1. The molecule has 0 heterocycles. The van der Waals surface area contributed by atoms with Crippen molar-refractivity contribution in [2.45, 2.75) is 12.1 Å². The van der Waals surface area contributed by atoms with Gasteiger partial charge in [-0.25, -0.2) is 4.39 Å². The molecule has 0 saturated carbocycles. The lowest BCUT2D eigenvalue weighted by Gasteiger charge is -2.12. The van der Waals surface area contributed by atoms with Gasteiger partial charge in [0.05, 0.1) is 10.0 Å². The van der Waals surface area contributed by atoms with E-state index in [1.807, 2.05) is 0 Å². The number of alkyl halides is 4. The molecule has 0 aliphatic heterocycles. The minimum absolute atomic E-state index is 0.234. The normalized spacial score (nSPS) is 11.9. The number of benzene rings is 1. The van der Waals surface area contributed by atoms with Crippen molar-refractivity contribution in [2.24, 2.45) is 0 Å². The van der Waals surface area contributed by atoms with Crippen LogP contribution in [0.15, 0.2) is 16.6 Å². The Morgan fingerprint density at radius 3 is 2.29 bits per heavy atom. The summed E-state index contributed by atoms with van der Waals surface area (Å²) < 4.78 is 49.7. The van der Waals surface area contributed by atoms with Gasteiger partial charge in [0.2, 0.25) is 0 Å². The molecule has 6 heteroatoms. The minimum atomic E-state index is -4.51. The van der Waals surface area contributed by atoms with E-state index < -0.39 is 23.4 Å². The molecule has 0 aliphatic carbocycles. The lowest BCUT2D eigenvalue weighted by molar-refractivity contribution is -0.138. The van der Waals surface area contributed by atoms with Crippen LogP contribution in [0.1, 0.15) is 11.1 Å². The molecule has 1 aromatic carbocycles. The monoisotopic (exact) mass is 290 g/mol. The van der Waals surface area contributed by atoms with Crippen LogP contribution in [0.25, 0.3) is 0 Å². The predicted molar refractivity (Wildman–Crippen MR) is 48.7 cm³/mol. The van der Waals surface area contributed by atoms with Crippen LogP contribution in [0.4, 0.5) is 17.6 Å². The van der Waals surface area contributed by atoms with Crippen LogP contribution in [-0.2, 0) is 12.1 Å². The summed E-state index contributed by atoms with van der Waals surface area (Å²) in [6.07, 6.45) is -4.51. The van der Waals surface area contributed by atoms with E-state index in [-0.39, 0.29) is 10.0 Å². The van der Waals surface area contributed by atoms with Crippen LogP contribution in [0.2, 0.25) is 0 Å². The van der Waals surface area contributed by atoms with Crippen LogP contribution in [-0.4, -0.2) is 0 Å². The third-order valence-corrected chi connectivity index (χ3v) is 2.76. The van der Waals surface area contributed by atoms with E-state index in [1.165, 1.54) is 0 Å². The largest absolute Gasteiger partial charge is 0.416 e. The summed E-state index contributed by atoms with van der Waals surface area (Å²) in [6.45, 7) is 0. The van der Waals surface area contributed by atoms with E-state index in [9.17, 15) is 17.6 Å². The molecular formula is C8H4BrClF4. The van der Waals surface area contributed by atoms with Crippen molar-refractivity contribution in [3.63, 3.8) is 0 Å². The summed E-state index contributed by atoms with van der Waals surface area (Å²) >= 11 is 8.04. The molecule has 0 N–H and O–H groups in total. The van der Waals surface area contributed by atoms with Crippen molar-refractivity contribution in [3.8, 4) is 0 Å². The van der Waals surface area contributed by atoms with Gasteiger partial charge < -0.3 is 0 Å². The number of hydrogen-bond donors (Lipinski definition) is 0. The molecule has 0 nitrogen and oxygen atoms in total. The van der Waals surface area contributed by atoms with Crippen molar-refractivity contribution < 1.29 is 17.6 Å². The second-order valence-corrected chi connectivity index (χ2v) is 3.58. The highest BCUT2D eigenvalue weighted by Crippen LogP contribution is 2.36. The van der Waals surface area contributed by atoms with Crippen molar-refractivity contribution in [1.29, 1.82) is 0 Å². The van der Waals surface area contributed by atoms with Gasteiger partial charge in [0.1, 0.15) is 5.82 Å². The lowest BCUT2D eigenvalue weighted by Crippen LogP contribution is -2.09. The summed E-state index contributed by atoms with van der Waals surface area (Å²) in [5.41, 5.74) is -1.19. The summed E-state index contributed by atoms with van der Waals surface area (Å²) in [4.78, 5) is 0. The van der Waals surface area contributed by atoms with E-state index in [4.69, 9.17) is 11.6 Å². The standard InChI is InChI=1S/C8H4BrClF4/c9-7-4(3-10)5(8(12,13)14)1-2-6(7)11/h1-2H,3H2. The van der Waals surface area contributed by atoms with Gasteiger partial charge in [-0.15, -0.1) is 11.6 Å². The minimum Gasteiger partial charge on any atom is -0.206 e.